The van der Waals surface area contributed by atoms with Gasteiger partial charge >= 0.3 is 0 Å². The van der Waals surface area contributed by atoms with Crippen LogP contribution >= 0.6 is 11.6 Å². The lowest BCUT2D eigenvalue weighted by atomic mass is 9.97. The summed E-state index contributed by atoms with van der Waals surface area (Å²) in [5.74, 6) is -0.606. The van der Waals surface area contributed by atoms with E-state index < -0.39 is 11.7 Å². The molecule has 3 rings (SSSR count). The Morgan fingerprint density at radius 2 is 1.96 bits per heavy atom. The van der Waals surface area contributed by atoms with Gasteiger partial charge in [0.05, 0.1) is 5.56 Å². The van der Waals surface area contributed by atoms with Gasteiger partial charge in [0.25, 0.3) is 5.91 Å². The number of rotatable bonds is 2. The maximum absolute atomic E-state index is 13.8. The van der Waals surface area contributed by atoms with Gasteiger partial charge in [-0.05, 0) is 36.4 Å². The summed E-state index contributed by atoms with van der Waals surface area (Å²) < 4.78 is 19.5. The van der Waals surface area contributed by atoms with E-state index in [4.69, 9.17) is 16.0 Å². The van der Waals surface area contributed by atoms with Crippen molar-refractivity contribution in [2.24, 2.45) is 0 Å². The van der Waals surface area contributed by atoms with Crippen molar-refractivity contribution in [3.63, 3.8) is 0 Å². The third-order valence-electron chi connectivity index (χ3n) is 3.46. The first-order valence-corrected chi connectivity index (χ1v) is 7.79. The Morgan fingerprint density at radius 1 is 1.21 bits per heavy atom. The minimum absolute atomic E-state index is 0.0740. The number of nitrogens with one attached hydrogen (secondary N) is 1. The van der Waals surface area contributed by atoms with E-state index in [2.05, 4.69) is 10.3 Å². The van der Waals surface area contributed by atoms with Crippen LogP contribution in [0.1, 0.15) is 37.0 Å². The van der Waals surface area contributed by atoms with Gasteiger partial charge in [0.15, 0.2) is 5.58 Å². The molecular weight excluding hydrogens is 331 g/mol. The quantitative estimate of drug-likeness (QED) is 0.696. The molecule has 0 atom stereocenters. The largest absolute Gasteiger partial charge is 0.440 e. The fourth-order valence-electron chi connectivity index (χ4n) is 2.20. The van der Waals surface area contributed by atoms with Crippen molar-refractivity contribution in [2.75, 3.05) is 5.32 Å². The van der Waals surface area contributed by atoms with Crippen molar-refractivity contribution >= 4 is 34.3 Å². The topological polar surface area (TPSA) is 55.1 Å². The molecule has 0 aliphatic heterocycles. The predicted molar refractivity (Wildman–Crippen MR) is 92.1 cm³/mol. The van der Waals surface area contributed by atoms with Gasteiger partial charge in [0, 0.05) is 16.1 Å². The third-order valence-corrected chi connectivity index (χ3v) is 3.70. The Balaban J connectivity index is 1.88. The minimum Gasteiger partial charge on any atom is -0.440 e. The standard InChI is InChI=1S/C18H16ClFN2O2/c1-18(2,3)17-22-14-9-11(5-7-15(14)24-17)21-16(23)12-6-4-10(19)8-13(12)20/h4-9H,1-3H3,(H,21,23). The maximum Gasteiger partial charge on any atom is 0.258 e. The molecule has 1 aromatic heterocycles. The van der Waals surface area contributed by atoms with Crippen LogP contribution in [0, 0.1) is 5.82 Å². The molecule has 0 bridgehead atoms. The van der Waals surface area contributed by atoms with Crippen molar-refractivity contribution in [3.8, 4) is 0 Å². The molecule has 0 spiro atoms. The van der Waals surface area contributed by atoms with Gasteiger partial charge in [-0.15, -0.1) is 0 Å². The van der Waals surface area contributed by atoms with E-state index >= 15 is 0 Å². The maximum atomic E-state index is 13.8. The SMILES string of the molecule is CC(C)(C)c1nc2cc(NC(=O)c3ccc(Cl)cc3F)ccc2o1. The Kier molecular flexibility index (Phi) is 4.05. The van der Waals surface area contributed by atoms with Crippen molar-refractivity contribution in [1.82, 2.24) is 4.98 Å². The van der Waals surface area contributed by atoms with E-state index in [1.54, 1.807) is 18.2 Å². The number of benzene rings is 2. The Hall–Kier alpha value is -2.40. The summed E-state index contributed by atoms with van der Waals surface area (Å²) >= 11 is 5.70. The van der Waals surface area contributed by atoms with Gasteiger partial charge in [-0.3, -0.25) is 4.79 Å². The van der Waals surface area contributed by atoms with Crippen LogP contribution in [0.4, 0.5) is 10.1 Å². The first-order valence-electron chi connectivity index (χ1n) is 7.41. The zero-order valence-corrected chi connectivity index (χ0v) is 14.2. The lowest BCUT2D eigenvalue weighted by Crippen LogP contribution is -2.13. The van der Waals surface area contributed by atoms with Crippen LogP contribution in [0.25, 0.3) is 11.1 Å². The Labute approximate surface area is 143 Å². The number of amides is 1. The van der Waals surface area contributed by atoms with E-state index in [0.717, 1.165) is 6.07 Å². The van der Waals surface area contributed by atoms with E-state index in [0.29, 0.717) is 22.7 Å². The molecule has 0 radical (unpaired) electrons. The van der Waals surface area contributed by atoms with E-state index in [1.807, 2.05) is 20.8 Å². The van der Waals surface area contributed by atoms with Crippen molar-refractivity contribution in [1.29, 1.82) is 0 Å². The van der Waals surface area contributed by atoms with Gasteiger partial charge < -0.3 is 9.73 Å². The van der Waals surface area contributed by atoms with Gasteiger partial charge in [-0.2, -0.15) is 0 Å². The van der Waals surface area contributed by atoms with Crippen molar-refractivity contribution in [2.45, 2.75) is 26.2 Å². The number of carbonyl (C=O) groups is 1. The molecule has 6 heteroatoms. The molecule has 3 aromatic rings. The smallest absolute Gasteiger partial charge is 0.258 e. The zero-order chi connectivity index (χ0) is 17.5. The summed E-state index contributed by atoms with van der Waals surface area (Å²) in [5.41, 5.74) is 1.49. The number of aromatic nitrogens is 1. The van der Waals surface area contributed by atoms with Crippen LogP contribution < -0.4 is 5.32 Å². The molecular formula is C18H16ClFN2O2. The van der Waals surface area contributed by atoms with Crippen molar-refractivity contribution in [3.05, 3.63) is 58.7 Å². The highest BCUT2D eigenvalue weighted by atomic mass is 35.5. The fourth-order valence-corrected chi connectivity index (χ4v) is 2.36. The highest BCUT2D eigenvalue weighted by molar-refractivity contribution is 6.30. The summed E-state index contributed by atoms with van der Waals surface area (Å²) in [7, 11) is 0. The van der Waals surface area contributed by atoms with Gasteiger partial charge in [-0.1, -0.05) is 32.4 Å². The summed E-state index contributed by atoms with van der Waals surface area (Å²) in [4.78, 5) is 16.7. The number of hydrogen-bond donors (Lipinski definition) is 1. The second-order valence-electron chi connectivity index (χ2n) is 6.53. The minimum atomic E-state index is -0.669. The average molecular weight is 347 g/mol. The van der Waals surface area contributed by atoms with Crippen LogP contribution in [-0.2, 0) is 5.41 Å². The molecule has 0 unspecified atom stereocenters. The molecule has 0 fully saturated rings. The van der Waals surface area contributed by atoms with Crippen LogP contribution in [0.2, 0.25) is 5.02 Å². The normalized spacial score (nSPS) is 11.7. The second-order valence-corrected chi connectivity index (χ2v) is 6.97. The van der Waals surface area contributed by atoms with Crippen LogP contribution in [0.15, 0.2) is 40.8 Å². The summed E-state index contributed by atoms with van der Waals surface area (Å²) in [6, 6.07) is 9.03. The number of nitrogens with zero attached hydrogens (tertiary/aromatic N) is 1. The molecule has 1 amide bonds. The average Bonchev–Trinajstić information content (AvgIpc) is 2.90. The van der Waals surface area contributed by atoms with E-state index in [-0.39, 0.29) is 16.0 Å². The molecule has 24 heavy (non-hydrogen) atoms. The monoisotopic (exact) mass is 346 g/mol. The van der Waals surface area contributed by atoms with E-state index in [9.17, 15) is 9.18 Å². The summed E-state index contributed by atoms with van der Waals surface area (Å²) in [6.07, 6.45) is 0. The number of oxazole rings is 1. The molecule has 0 saturated carbocycles. The first-order chi connectivity index (χ1) is 11.2. The molecule has 2 aromatic carbocycles. The van der Waals surface area contributed by atoms with Crippen molar-refractivity contribution < 1.29 is 13.6 Å². The number of fused-ring (bicyclic) bond motifs is 1. The number of carbonyl (C=O) groups excluding carboxylic acids is 1. The zero-order valence-electron chi connectivity index (χ0n) is 13.5. The van der Waals surface area contributed by atoms with Gasteiger partial charge in [0.1, 0.15) is 11.3 Å². The summed E-state index contributed by atoms with van der Waals surface area (Å²) in [5, 5.41) is 2.89. The van der Waals surface area contributed by atoms with E-state index in [1.165, 1.54) is 12.1 Å². The first kappa shape index (κ1) is 16.5. The molecule has 0 saturated heterocycles. The number of hydrogen-bond acceptors (Lipinski definition) is 3. The van der Waals surface area contributed by atoms with Crippen LogP contribution in [-0.4, -0.2) is 10.9 Å². The highest BCUT2D eigenvalue weighted by Crippen LogP contribution is 2.27. The number of anilines is 1. The third kappa shape index (κ3) is 3.26. The van der Waals surface area contributed by atoms with Gasteiger partial charge in [0.2, 0.25) is 5.89 Å². The fraction of sp³-hybridized carbons (Fsp3) is 0.222. The molecule has 1 N–H and O–H groups in total. The summed E-state index contributed by atoms with van der Waals surface area (Å²) in [6.45, 7) is 6.01. The molecule has 1 heterocycles. The van der Waals surface area contributed by atoms with Crippen LogP contribution in [0.3, 0.4) is 0 Å². The highest BCUT2D eigenvalue weighted by Gasteiger charge is 2.21. The van der Waals surface area contributed by atoms with Crippen LogP contribution in [0.5, 0.6) is 0 Å². The molecule has 0 aliphatic rings. The Morgan fingerprint density at radius 3 is 2.62 bits per heavy atom. The lowest BCUT2D eigenvalue weighted by Gasteiger charge is -2.11. The molecule has 0 aliphatic carbocycles. The second kappa shape index (κ2) is 5.91. The molecule has 124 valence electrons. The lowest BCUT2D eigenvalue weighted by molar-refractivity contribution is 0.102. The Bertz CT molecular complexity index is 928. The van der Waals surface area contributed by atoms with Gasteiger partial charge in [-0.25, -0.2) is 9.37 Å². The predicted octanol–water partition coefficient (Wildman–Crippen LogP) is 5.17. The number of halogens is 2. The molecule has 4 nitrogen and oxygen atoms in total.